The minimum atomic E-state index is -1.36. The highest BCUT2D eigenvalue weighted by molar-refractivity contribution is 7.98. The van der Waals surface area contributed by atoms with Gasteiger partial charge in [0.2, 0.25) is 11.8 Å². The third-order valence-corrected chi connectivity index (χ3v) is 11.0. The van der Waals surface area contributed by atoms with Gasteiger partial charge in [0.25, 0.3) is 5.91 Å². The lowest BCUT2D eigenvalue weighted by Gasteiger charge is -2.29. The number of unbranched alkanes of at least 4 members (excludes halogenated alkanes) is 4. The van der Waals surface area contributed by atoms with Crippen LogP contribution in [0.1, 0.15) is 89.7 Å². The molecular formula is C41H52FN5O9S. The highest BCUT2D eigenvalue weighted by atomic mass is 32.2. The maximum absolute atomic E-state index is 14.4. The highest BCUT2D eigenvalue weighted by Gasteiger charge is 2.61. The molecule has 3 N–H and O–H groups in total. The van der Waals surface area contributed by atoms with Crippen LogP contribution >= 0.6 is 11.9 Å². The van der Waals surface area contributed by atoms with Crippen molar-refractivity contribution in [2.45, 2.75) is 120 Å². The normalized spacial score (nSPS) is 20.9. The molecule has 1 unspecified atom stereocenters. The number of carbonyl (C=O) groups is 6. The molecule has 1 saturated carbocycles. The van der Waals surface area contributed by atoms with E-state index in [1.165, 1.54) is 23.0 Å². The van der Waals surface area contributed by atoms with E-state index < -0.39 is 59.0 Å². The number of nitrogens with zero attached hydrogens (tertiary/aromatic N) is 2. The summed E-state index contributed by atoms with van der Waals surface area (Å²) < 4.78 is 33.2. The van der Waals surface area contributed by atoms with Crippen LogP contribution in [0.25, 0.3) is 0 Å². The first-order chi connectivity index (χ1) is 27.1. The van der Waals surface area contributed by atoms with Crippen LogP contribution in [0.5, 0.6) is 0 Å². The van der Waals surface area contributed by atoms with Crippen LogP contribution in [0.15, 0.2) is 60.0 Å². The summed E-state index contributed by atoms with van der Waals surface area (Å²) in [4.78, 5) is 81.6. The number of para-hydroxylation sites is 1. The number of nitrogens with one attached hydrogen (secondary N) is 3. The zero-order chi connectivity index (χ0) is 41.3. The molecule has 1 aliphatic carbocycles. The van der Waals surface area contributed by atoms with E-state index in [2.05, 4.69) is 26.7 Å². The Labute approximate surface area is 336 Å². The number of anilines is 1. The van der Waals surface area contributed by atoms with Gasteiger partial charge in [-0.1, -0.05) is 49.6 Å². The lowest BCUT2D eigenvalue weighted by molar-refractivity contribution is -0.140. The average Bonchev–Trinajstić information content (AvgIpc) is 3.46. The Kier molecular flexibility index (Phi) is 14.2. The molecule has 2 fully saturated rings. The van der Waals surface area contributed by atoms with E-state index in [0.29, 0.717) is 41.0 Å². The first kappa shape index (κ1) is 43.0. The Bertz CT molecular complexity index is 1850. The zero-order valence-electron chi connectivity index (χ0n) is 32.9. The van der Waals surface area contributed by atoms with Gasteiger partial charge in [-0.2, -0.15) is 0 Å². The molecule has 1 saturated heterocycles. The van der Waals surface area contributed by atoms with Crippen molar-refractivity contribution in [3.8, 4) is 0 Å². The number of esters is 1. The molecule has 0 bridgehead atoms. The number of carbonyl (C=O) groups excluding carboxylic acids is 6. The van der Waals surface area contributed by atoms with Crippen LogP contribution in [-0.4, -0.2) is 82.6 Å². The van der Waals surface area contributed by atoms with E-state index in [9.17, 15) is 33.2 Å². The number of hydrogen-bond acceptors (Lipinski definition) is 10. The quantitative estimate of drug-likeness (QED) is 0.0568. The van der Waals surface area contributed by atoms with Gasteiger partial charge in [0, 0.05) is 37.3 Å². The van der Waals surface area contributed by atoms with Gasteiger partial charge in [0.05, 0.1) is 30.8 Å². The predicted molar refractivity (Wildman–Crippen MR) is 210 cm³/mol. The smallest absolute Gasteiger partial charge is 0.411 e. The van der Waals surface area contributed by atoms with E-state index in [1.54, 1.807) is 63.2 Å². The Morgan fingerprint density at radius 1 is 0.965 bits per heavy atom. The van der Waals surface area contributed by atoms with Crippen molar-refractivity contribution in [1.29, 1.82) is 0 Å². The number of methoxy groups -OCH3 is 1. The third kappa shape index (κ3) is 11.3. The number of benzene rings is 2. The van der Waals surface area contributed by atoms with Crippen LogP contribution in [-0.2, 0) is 46.5 Å². The monoisotopic (exact) mass is 809 g/mol. The molecule has 5 rings (SSSR count). The van der Waals surface area contributed by atoms with Crippen LogP contribution in [0, 0.1) is 11.7 Å². The van der Waals surface area contributed by atoms with Crippen molar-refractivity contribution in [3.05, 3.63) is 72.1 Å². The molecule has 4 atom stereocenters. The van der Waals surface area contributed by atoms with Crippen LogP contribution in [0.4, 0.5) is 19.7 Å². The molecule has 0 radical (unpaired) electrons. The lowest BCUT2D eigenvalue weighted by Crippen LogP contribution is -2.55. The highest BCUT2D eigenvalue weighted by Crippen LogP contribution is 2.46. The molecular weight excluding hydrogens is 758 g/mol. The van der Waals surface area contributed by atoms with E-state index in [-0.39, 0.29) is 44.4 Å². The van der Waals surface area contributed by atoms with Crippen molar-refractivity contribution in [2.75, 3.05) is 19.0 Å². The van der Waals surface area contributed by atoms with E-state index >= 15 is 0 Å². The number of rotatable bonds is 16. The topological polar surface area (TPSA) is 173 Å². The maximum atomic E-state index is 14.4. The molecule has 0 aromatic heterocycles. The SMILES string of the molecule is C=C[C@@H]1C[C@]1(NC(=O)C1C[C@@H](OC(=O)N2Cc3cccc(F)c3C2)CN1C(=O)OC(C)(C)C)C(=O)NSc1ccccc1NC(=O)CCCCCCCC(=O)OC. The van der Waals surface area contributed by atoms with Crippen LogP contribution in [0.2, 0.25) is 0 Å². The van der Waals surface area contributed by atoms with Crippen molar-refractivity contribution < 1.29 is 47.4 Å². The van der Waals surface area contributed by atoms with Crippen molar-refractivity contribution in [1.82, 2.24) is 19.8 Å². The lowest BCUT2D eigenvalue weighted by atomic mass is 10.1. The molecule has 16 heteroatoms. The Morgan fingerprint density at radius 3 is 2.37 bits per heavy atom. The summed E-state index contributed by atoms with van der Waals surface area (Å²) >= 11 is 0.997. The van der Waals surface area contributed by atoms with Crippen molar-refractivity contribution in [3.63, 3.8) is 0 Å². The van der Waals surface area contributed by atoms with Gasteiger partial charge in [-0.3, -0.25) is 33.7 Å². The Hall–Kier alpha value is -5.12. The first-order valence-corrected chi connectivity index (χ1v) is 20.0. The van der Waals surface area contributed by atoms with Gasteiger partial charge in [0.1, 0.15) is 29.1 Å². The van der Waals surface area contributed by atoms with E-state index in [4.69, 9.17) is 9.47 Å². The third-order valence-electron chi connectivity index (χ3n) is 10.1. The minimum Gasteiger partial charge on any atom is -0.469 e. The van der Waals surface area contributed by atoms with Gasteiger partial charge < -0.3 is 24.8 Å². The number of fused-ring (bicyclic) bond motifs is 1. The Morgan fingerprint density at radius 2 is 1.68 bits per heavy atom. The predicted octanol–water partition coefficient (Wildman–Crippen LogP) is 6.38. The summed E-state index contributed by atoms with van der Waals surface area (Å²) in [5.41, 5.74) is -0.638. The van der Waals surface area contributed by atoms with Gasteiger partial charge in [-0.05, 0) is 75.7 Å². The molecule has 3 aliphatic rings. The summed E-state index contributed by atoms with van der Waals surface area (Å²) in [6.45, 7) is 8.97. The van der Waals surface area contributed by atoms with E-state index in [1.807, 2.05) is 0 Å². The number of amides is 5. The van der Waals surface area contributed by atoms with E-state index in [0.717, 1.165) is 37.6 Å². The summed E-state index contributed by atoms with van der Waals surface area (Å²) in [6, 6.07) is 10.5. The second-order valence-electron chi connectivity index (χ2n) is 15.6. The number of hydrogen-bond donors (Lipinski definition) is 3. The fourth-order valence-electron chi connectivity index (χ4n) is 6.97. The average molecular weight is 810 g/mol. The summed E-state index contributed by atoms with van der Waals surface area (Å²) in [6.07, 6.45) is 4.18. The molecule has 57 heavy (non-hydrogen) atoms. The second kappa shape index (κ2) is 18.9. The molecule has 2 aliphatic heterocycles. The molecule has 2 aromatic carbocycles. The van der Waals surface area contributed by atoms with Gasteiger partial charge in [0.15, 0.2) is 0 Å². The molecule has 2 aromatic rings. The van der Waals surface area contributed by atoms with Gasteiger partial charge in [-0.15, -0.1) is 6.58 Å². The fourth-order valence-corrected chi connectivity index (χ4v) is 7.73. The maximum Gasteiger partial charge on any atom is 0.411 e. The number of halogens is 1. The van der Waals surface area contributed by atoms with Crippen molar-refractivity contribution in [2.24, 2.45) is 5.92 Å². The first-order valence-electron chi connectivity index (χ1n) is 19.2. The van der Waals surface area contributed by atoms with Crippen LogP contribution < -0.4 is 15.4 Å². The molecule has 5 amide bonds. The number of ether oxygens (including phenoxy) is 3. The minimum absolute atomic E-state index is 0.0323. The summed E-state index contributed by atoms with van der Waals surface area (Å²) in [5, 5.41) is 5.78. The fraction of sp³-hybridized carbons (Fsp3) is 0.512. The largest absolute Gasteiger partial charge is 0.469 e. The second-order valence-corrected chi connectivity index (χ2v) is 16.4. The Balaban J connectivity index is 1.18. The van der Waals surface area contributed by atoms with Crippen molar-refractivity contribution >= 4 is 53.5 Å². The molecule has 308 valence electrons. The number of likely N-dealkylation sites (tertiary alicyclic amines) is 1. The van der Waals surface area contributed by atoms with Gasteiger partial charge in [-0.25, -0.2) is 14.0 Å². The van der Waals surface area contributed by atoms with Gasteiger partial charge >= 0.3 is 18.2 Å². The molecule has 2 heterocycles. The summed E-state index contributed by atoms with van der Waals surface area (Å²) in [7, 11) is 1.37. The standard InChI is InChI=1S/C41H52FN5O9S/c1-6-27-22-41(27,37(51)45-57-33-18-13-12-17-31(33)43-34(48)19-10-8-7-9-11-20-35(49)54-5)44-36(50)32-21-28(24-47(32)39(53)56-40(2,3)4)55-38(52)46-23-26-15-14-16-30(42)29(26)25-46/h6,12-18,27-28,32H,1,7-11,19-25H2,2-5H3,(H,43,48)(H,44,50)(H,45,51)/t27-,28-,32?,41-/m1/s1. The molecule has 0 spiro atoms. The zero-order valence-corrected chi connectivity index (χ0v) is 33.7. The summed E-state index contributed by atoms with van der Waals surface area (Å²) in [5.74, 6) is -2.33. The van der Waals surface area contributed by atoms with Crippen LogP contribution in [0.3, 0.4) is 0 Å². The molecule has 14 nitrogen and oxygen atoms in total.